The van der Waals surface area contributed by atoms with E-state index in [0.717, 1.165) is 17.4 Å². The van der Waals surface area contributed by atoms with Crippen LogP contribution in [0.2, 0.25) is 5.02 Å². The minimum absolute atomic E-state index is 0.0757. The van der Waals surface area contributed by atoms with Gasteiger partial charge < -0.3 is 19.7 Å². The average Bonchev–Trinajstić information content (AvgIpc) is 3.10. The zero-order chi connectivity index (χ0) is 21.4. The molecule has 0 aliphatic carbocycles. The Bertz CT molecular complexity index is 1050. The van der Waals surface area contributed by atoms with Crippen LogP contribution in [0, 0.1) is 5.92 Å². The van der Waals surface area contributed by atoms with Crippen LogP contribution < -0.4 is 10.9 Å². The number of carbonyl (C=O) groups is 1. The van der Waals surface area contributed by atoms with Crippen molar-refractivity contribution in [1.82, 2.24) is 19.4 Å². The highest BCUT2D eigenvalue weighted by Gasteiger charge is 2.30. The summed E-state index contributed by atoms with van der Waals surface area (Å²) in [6, 6.07) is 4.02. The summed E-state index contributed by atoms with van der Waals surface area (Å²) in [5.74, 6) is 0.483. The molecule has 2 aromatic rings. The first kappa shape index (κ1) is 21.3. The zero-order valence-corrected chi connectivity index (χ0v) is 19.2. The summed E-state index contributed by atoms with van der Waals surface area (Å²) in [5.41, 5.74) is 1.24. The third kappa shape index (κ3) is 4.13. The smallest absolute Gasteiger partial charge is 0.293 e. The van der Waals surface area contributed by atoms with Gasteiger partial charge in [-0.1, -0.05) is 18.2 Å². The van der Waals surface area contributed by atoms with E-state index in [-0.39, 0.29) is 17.4 Å². The molecule has 0 bridgehead atoms. The van der Waals surface area contributed by atoms with E-state index in [1.165, 1.54) is 12.5 Å². The molecule has 3 heterocycles. The zero-order valence-electron chi connectivity index (χ0n) is 16.9. The molecule has 2 aliphatic rings. The van der Waals surface area contributed by atoms with Gasteiger partial charge in [0.25, 0.3) is 5.56 Å². The van der Waals surface area contributed by atoms with E-state index in [2.05, 4.69) is 44.8 Å². The summed E-state index contributed by atoms with van der Waals surface area (Å²) in [7, 11) is 2.11. The van der Waals surface area contributed by atoms with Gasteiger partial charge in [-0.15, -0.1) is 0 Å². The topological polar surface area (TPSA) is 70.5 Å². The Morgan fingerprint density at radius 1 is 1.43 bits per heavy atom. The average molecular weight is 495 g/mol. The van der Waals surface area contributed by atoms with Crippen LogP contribution in [0.1, 0.15) is 12.8 Å². The molecule has 1 unspecified atom stereocenters. The van der Waals surface area contributed by atoms with Gasteiger partial charge in [0.1, 0.15) is 0 Å². The predicted molar refractivity (Wildman–Crippen MR) is 123 cm³/mol. The van der Waals surface area contributed by atoms with Gasteiger partial charge in [0.2, 0.25) is 5.91 Å². The Morgan fingerprint density at radius 2 is 2.20 bits per heavy atom. The molecule has 1 aromatic heterocycles. The van der Waals surface area contributed by atoms with Gasteiger partial charge in [-0.05, 0) is 60.6 Å². The minimum Gasteiger partial charge on any atom is -0.364 e. The highest BCUT2D eigenvalue weighted by molar-refractivity contribution is 9.10. The highest BCUT2D eigenvalue weighted by Crippen LogP contribution is 2.28. The van der Waals surface area contributed by atoms with Gasteiger partial charge in [-0.2, -0.15) is 0 Å². The molecule has 0 radical (unpaired) electrons. The van der Waals surface area contributed by atoms with Crippen molar-refractivity contribution in [3.05, 3.63) is 44.6 Å². The Kier molecular flexibility index (Phi) is 6.18. The monoisotopic (exact) mass is 493 g/mol. The SMILES string of the molecule is C=CC(=O)N1CC(Cn2c(=O)c(NCC3CCCN3C)nc3cc(Br)c(Cl)cc32)C1. The largest absolute Gasteiger partial charge is 0.364 e. The first-order chi connectivity index (χ1) is 14.4. The van der Waals surface area contributed by atoms with E-state index in [4.69, 9.17) is 11.6 Å². The van der Waals surface area contributed by atoms with Crippen LogP contribution in [-0.4, -0.2) is 64.5 Å². The number of anilines is 1. The number of fused-ring (bicyclic) bond motifs is 1. The quantitative estimate of drug-likeness (QED) is 0.625. The second kappa shape index (κ2) is 8.69. The number of rotatable bonds is 6. The number of likely N-dealkylation sites (N-methyl/N-ethyl adjacent to an activating group) is 1. The summed E-state index contributed by atoms with van der Waals surface area (Å²) >= 11 is 9.76. The number of hydrogen-bond donors (Lipinski definition) is 1. The molecule has 30 heavy (non-hydrogen) atoms. The number of aromatic nitrogens is 2. The molecule has 7 nitrogen and oxygen atoms in total. The van der Waals surface area contributed by atoms with E-state index in [1.807, 2.05) is 6.07 Å². The Balaban J connectivity index is 1.63. The molecule has 160 valence electrons. The first-order valence-corrected chi connectivity index (χ1v) is 11.3. The fourth-order valence-corrected chi connectivity index (χ4v) is 4.73. The molecule has 4 rings (SSSR count). The van der Waals surface area contributed by atoms with Crippen LogP contribution in [0.25, 0.3) is 11.0 Å². The van der Waals surface area contributed by atoms with E-state index >= 15 is 0 Å². The Morgan fingerprint density at radius 3 is 2.87 bits per heavy atom. The van der Waals surface area contributed by atoms with Crippen LogP contribution in [0.15, 0.2) is 34.1 Å². The van der Waals surface area contributed by atoms with Crippen molar-refractivity contribution >= 4 is 50.3 Å². The van der Waals surface area contributed by atoms with E-state index in [1.54, 1.807) is 15.5 Å². The Labute approximate surface area is 188 Å². The molecule has 2 fully saturated rings. The van der Waals surface area contributed by atoms with Crippen molar-refractivity contribution in [2.75, 3.05) is 38.5 Å². The molecule has 1 atom stereocenters. The number of benzene rings is 1. The maximum absolute atomic E-state index is 13.3. The number of nitrogens with zero attached hydrogens (tertiary/aromatic N) is 4. The van der Waals surface area contributed by atoms with Crippen molar-refractivity contribution in [3.63, 3.8) is 0 Å². The molecular weight excluding hydrogens is 470 g/mol. The second-order valence-corrected chi connectivity index (χ2v) is 9.36. The number of halogens is 2. The molecule has 1 amide bonds. The van der Waals surface area contributed by atoms with Gasteiger partial charge >= 0.3 is 0 Å². The maximum atomic E-state index is 13.3. The van der Waals surface area contributed by atoms with E-state index in [9.17, 15) is 9.59 Å². The first-order valence-electron chi connectivity index (χ1n) is 10.1. The second-order valence-electron chi connectivity index (χ2n) is 8.10. The Hall–Kier alpha value is -1.90. The summed E-state index contributed by atoms with van der Waals surface area (Å²) in [5, 5.41) is 3.82. The maximum Gasteiger partial charge on any atom is 0.293 e. The normalized spacial score (nSPS) is 19.8. The third-order valence-corrected chi connectivity index (χ3v) is 7.25. The van der Waals surface area contributed by atoms with Crippen molar-refractivity contribution < 1.29 is 4.79 Å². The predicted octanol–water partition coefficient (Wildman–Crippen LogP) is 2.96. The molecule has 9 heteroatoms. The van der Waals surface area contributed by atoms with Gasteiger partial charge in [-0.3, -0.25) is 9.59 Å². The third-order valence-electron chi connectivity index (χ3n) is 6.05. The lowest BCUT2D eigenvalue weighted by Crippen LogP contribution is -2.51. The van der Waals surface area contributed by atoms with Crippen LogP contribution in [-0.2, 0) is 11.3 Å². The molecule has 0 saturated carbocycles. The van der Waals surface area contributed by atoms with Crippen molar-refractivity contribution in [1.29, 1.82) is 0 Å². The van der Waals surface area contributed by atoms with Crippen LogP contribution in [0.3, 0.4) is 0 Å². The lowest BCUT2D eigenvalue weighted by Gasteiger charge is -2.39. The standard InChI is InChI=1S/C21H25BrClN5O2/c1-3-19(29)27-10-13(11-27)12-28-18-8-16(23)15(22)7-17(18)25-20(21(28)30)24-9-14-5-4-6-26(14)2/h3,7-8,13-14H,1,4-6,9-12H2,2H3,(H,24,25). The molecule has 1 aromatic carbocycles. The van der Waals surface area contributed by atoms with Gasteiger partial charge in [0.05, 0.1) is 16.1 Å². The molecule has 2 saturated heterocycles. The van der Waals surface area contributed by atoms with E-state index in [0.29, 0.717) is 54.1 Å². The number of nitrogens with one attached hydrogen (secondary N) is 1. The molecule has 1 N–H and O–H groups in total. The van der Waals surface area contributed by atoms with Gasteiger partial charge in [0.15, 0.2) is 5.82 Å². The fourth-order valence-electron chi connectivity index (χ4n) is 4.24. The summed E-state index contributed by atoms with van der Waals surface area (Å²) < 4.78 is 2.48. The summed E-state index contributed by atoms with van der Waals surface area (Å²) in [4.78, 5) is 33.7. The summed E-state index contributed by atoms with van der Waals surface area (Å²) in [6.45, 7) is 7.03. The lowest BCUT2D eigenvalue weighted by molar-refractivity contribution is -0.132. The van der Waals surface area contributed by atoms with Crippen molar-refractivity contribution in [3.8, 4) is 0 Å². The molecule has 2 aliphatic heterocycles. The minimum atomic E-state index is -0.157. The number of likely N-dealkylation sites (tertiary alicyclic amines) is 2. The summed E-state index contributed by atoms with van der Waals surface area (Å²) in [6.07, 6.45) is 3.61. The number of hydrogen-bond acceptors (Lipinski definition) is 5. The molecule has 0 spiro atoms. The number of amides is 1. The van der Waals surface area contributed by atoms with Crippen LogP contribution >= 0.6 is 27.5 Å². The van der Waals surface area contributed by atoms with Crippen LogP contribution in [0.5, 0.6) is 0 Å². The van der Waals surface area contributed by atoms with E-state index < -0.39 is 0 Å². The lowest BCUT2D eigenvalue weighted by atomic mass is 9.99. The van der Waals surface area contributed by atoms with Gasteiger partial charge in [-0.25, -0.2) is 4.98 Å². The molecular formula is C21H25BrClN5O2. The highest BCUT2D eigenvalue weighted by atomic mass is 79.9. The fraction of sp³-hybridized carbons (Fsp3) is 0.476. The van der Waals surface area contributed by atoms with Crippen LogP contribution in [0.4, 0.5) is 5.82 Å². The van der Waals surface area contributed by atoms with Crippen molar-refractivity contribution in [2.45, 2.75) is 25.4 Å². The number of carbonyl (C=O) groups excluding carboxylic acids is 1. The van der Waals surface area contributed by atoms with Crippen molar-refractivity contribution in [2.24, 2.45) is 5.92 Å². The van der Waals surface area contributed by atoms with Gasteiger partial charge in [0, 0.05) is 42.6 Å².